The molecule has 0 saturated carbocycles. The van der Waals surface area contributed by atoms with E-state index in [1.165, 1.54) is 17.6 Å². The van der Waals surface area contributed by atoms with Gasteiger partial charge in [-0.05, 0) is 26.0 Å². The van der Waals surface area contributed by atoms with Gasteiger partial charge in [-0.2, -0.15) is 5.10 Å². The highest BCUT2D eigenvalue weighted by molar-refractivity contribution is 7.11. The minimum absolute atomic E-state index is 0.0421. The van der Waals surface area contributed by atoms with E-state index in [0.29, 0.717) is 11.4 Å². The largest absolute Gasteiger partial charge is 0.488 e. The molecule has 0 spiro atoms. The van der Waals surface area contributed by atoms with Gasteiger partial charge >= 0.3 is 0 Å². The molecule has 0 atom stereocenters. The van der Waals surface area contributed by atoms with E-state index in [1.807, 2.05) is 43.5 Å². The second-order valence-corrected chi connectivity index (χ2v) is 6.04. The van der Waals surface area contributed by atoms with E-state index < -0.39 is 0 Å². The molecule has 2 heterocycles. The van der Waals surface area contributed by atoms with Crippen LogP contribution < -0.4 is 10.2 Å². The lowest BCUT2D eigenvalue weighted by Crippen LogP contribution is -2.20. The van der Waals surface area contributed by atoms with Gasteiger partial charge in [-0.3, -0.25) is 4.79 Å². The molecule has 118 valence electrons. The van der Waals surface area contributed by atoms with Gasteiger partial charge in [0.05, 0.1) is 12.3 Å². The van der Waals surface area contributed by atoms with E-state index in [1.54, 1.807) is 6.20 Å². The first-order valence-electron chi connectivity index (χ1n) is 7.15. The lowest BCUT2D eigenvalue weighted by molar-refractivity contribution is 0.0945. The number of aromatic amines is 1. The van der Waals surface area contributed by atoms with Gasteiger partial charge in [0.2, 0.25) is 0 Å². The van der Waals surface area contributed by atoms with Gasteiger partial charge in [0.25, 0.3) is 5.91 Å². The summed E-state index contributed by atoms with van der Waals surface area (Å²) >= 11 is 1.44. The Morgan fingerprint density at radius 2 is 2.26 bits per heavy atom. The standard InChI is InChI=1S/C16H16N4O2S/c1-10(2)22-15-11-5-3-4-6-12(11)19-14(15)16(21)20-18-9-13-17-7-8-23-13/h3-10,19H,1-2H3,(H,20,21)/b18-9+. The van der Waals surface area contributed by atoms with E-state index in [-0.39, 0.29) is 12.0 Å². The number of aromatic nitrogens is 2. The van der Waals surface area contributed by atoms with Crippen molar-refractivity contribution in [3.05, 3.63) is 46.5 Å². The van der Waals surface area contributed by atoms with Gasteiger partial charge < -0.3 is 9.72 Å². The molecule has 3 aromatic rings. The number of rotatable bonds is 5. The van der Waals surface area contributed by atoms with Crippen LogP contribution in [0.25, 0.3) is 10.9 Å². The second kappa shape index (κ2) is 6.62. The minimum Gasteiger partial charge on any atom is -0.488 e. The molecule has 0 aliphatic heterocycles. The first-order chi connectivity index (χ1) is 11.1. The maximum Gasteiger partial charge on any atom is 0.291 e. The number of H-pyrrole nitrogens is 1. The van der Waals surface area contributed by atoms with Crippen LogP contribution in [0.1, 0.15) is 29.3 Å². The highest BCUT2D eigenvalue weighted by atomic mass is 32.1. The molecule has 7 heteroatoms. The third kappa shape index (κ3) is 3.40. The van der Waals surface area contributed by atoms with Gasteiger partial charge in [0, 0.05) is 22.5 Å². The summed E-state index contributed by atoms with van der Waals surface area (Å²) in [5, 5.41) is 7.36. The number of ether oxygens (including phenoxy) is 1. The van der Waals surface area contributed by atoms with Crippen LogP contribution in [0.5, 0.6) is 5.75 Å². The van der Waals surface area contributed by atoms with Crippen LogP contribution in [-0.4, -0.2) is 28.2 Å². The average Bonchev–Trinajstić information content (AvgIpc) is 3.15. The van der Waals surface area contributed by atoms with Crippen molar-refractivity contribution in [2.45, 2.75) is 20.0 Å². The zero-order chi connectivity index (χ0) is 16.2. The number of thiazole rings is 1. The van der Waals surface area contributed by atoms with Crippen LogP contribution in [0.2, 0.25) is 0 Å². The molecule has 2 aromatic heterocycles. The molecule has 0 fully saturated rings. The Balaban J connectivity index is 1.87. The number of carbonyl (C=O) groups excluding carboxylic acids is 1. The maximum atomic E-state index is 12.4. The van der Waals surface area contributed by atoms with Gasteiger partial charge in [-0.25, -0.2) is 10.4 Å². The molecular formula is C16H16N4O2S. The van der Waals surface area contributed by atoms with Crippen molar-refractivity contribution in [1.82, 2.24) is 15.4 Å². The normalized spacial score (nSPS) is 11.4. The topological polar surface area (TPSA) is 79.4 Å². The number of fused-ring (bicyclic) bond motifs is 1. The summed E-state index contributed by atoms with van der Waals surface area (Å²) in [7, 11) is 0. The smallest absolute Gasteiger partial charge is 0.291 e. The highest BCUT2D eigenvalue weighted by Crippen LogP contribution is 2.30. The summed E-state index contributed by atoms with van der Waals surface area (Å²) in [6.07, 6.45) is 3.15. The van der Waals surface area contributed by atoms with Crippen LogP contribution in [0.4, 0.5) is 0 Å². The Morgan fingerprint density at radius 1 is 1.43 bits per heavy atom. The Hall–Kier alpha value is -2.67. The molecule has 1 amide bonds. The molecule has 0 bridgehead atoms. The molecule has 0 radical (unpaired) electrons. The van der Waals surface area contributed by atoms with E-state index in [9.17, 15) is 4.79 Å². The summed E-state index contributed by atoms with van der Waals surface area (Å²) in [6, 6.07) is 7.63. The van der Waals surface area contributed by atoms with Crippen molar-refractivity contribution in [2.24, 2.45) is 5.10 Å². The van der Waals surface area contributed by atoms with Crippen LogP contribution >= 0.6 is 11.3 Å². The molecule has 3 rings (SSSR count). The Bertz CT molecular complexity index is 837. The number of benzene rings is 1. The number of nitrogens with zero attached hydrogens (tertiary/aromatic N) is 2. The number of carbonyl (C=O) groups is 1. The number of hydrazone groups is 1. The Kier molecular flexibility index (Phi) is 4.38. The molecule has 2 N–H and O–H groups in total. The van der Waals surface area contributed by atoms with Crippen LogP contribution in [0.15, 0.2) is 40.9 Å². The molecule has 0 saturated heterocycles. The van der Waals surface area contributed by atoms with Crippen molar-refractivity contribution in [3.63, 3.8) is 0 Å². The minimum atomic E-state index is -0.357. The lowest BCUT2D eigenvalue weighted by atomic mass is 10.2. The number of hydrogen-bond donors (Lipinski definition) is 2. The van der Waals surface area contributed by atoms with Crippen LogP contribution in [-0.2, 0) is 0 Å². The van der Waals surface area contributed by atoms with Gasteiger partial charge in [0.1, 0.15) is 10.7 Å². The fourth-order valence-corrected chi connectivity index (χ4v) is 2.63. The molecule has 1 aromatic carbocycles. The zero-order valence-corrected chi connectivity index (χ0v) is 13.6. The molecule has 0 aliphatic carbocycles. The van der Waals surface area contributed by atoms with Gasteiger partial charge in [0.15, 0.2) is 5.75 Å². The fraction of sp³-hybridized carbons (Fsp3) is 0.188. The highest BCUT2D eigenvalue weighted by Gasteiger charge is 2.19. The average molecular weight is 328 g/mol. The van der Waals surface area contributed by atoms with Crippen molar-refractivity contribution in [1.29, 1.82) is 0 Å². The van der Waals surface area contributed by atoms with Crippen LogP contribution in [0.3, 0.4) is 0 Å². The summed E-state index contributed by atoms with van der Waals surface area (Å²) in [6.45, 7) is 3.84. The lowest BCUT2D eigenvalue weighted by Gasteiger charge is -2.10. The molecule has 0 aliphatic rings. The summed E-state index contributed by atoms with van der Waals surface area (Å²) in [5.41, 5.74) is 3.70. The fourth-order valence-electron chi connectivity index (χ4n) is 2.13. The summed E-state index contributed by atoms with van der Waals surface area (Å²) < 4.78 is 5.82. The molecule has 0 unspecified atom stereocenters. The van der Waals surface area contributed by atoms with Crippen molar-refractivity contribution >= 4 is 34.4 Å². The monoisotopic (exact) mass is 328 g/mol. The molecular weight excluding hydrogens is 312 g/mol. The third-order valence-electron chi connectivity index (χ3n) is 3.03. The zero-order valence-electron chi connectivity index (χ0n) is 12.7. The van der Waals surface area contributed by atoms with Gasteiger partial charge in [-0.15, -0.1) is 11.3 Å². The first kappa shape index (κ1) is 15.2. The van der Waals surface area contributed by atoms with Crippen molar-refractivity contribution in [2.75, 3.05) is 0 Å². The summed E-state index contributed by atoms with van der Waals surface area (Å²) in [5.74, 6) is 0.183. The number of nitrogens with one attached hydrogen (secondary N) is 2. The SMILES string of the molecule is CC(C)Oc1c(C(=O)N/N=C/c2nccs2)[nH]c2ccccc12. The maximum absolute atomic E-state index is 12.4. The van der Waals surface area contributed by atoms with Crippen LogP contribution in [0, 0.1) is 0 Å². The molecule has 6 nitrogen and oxygen atoms in total. The Morgan fingerprint density at radius 3 is 3.00 bits per heavy atom. The summed E-state index contributed by atoms with van der Waals surface area (Å²) in [4.78, 5) is 19.5. The predicted molar refractivity (Wildman–Crippen MR) is 91.2 cm³/mol. The Labute approximate surface area is 137 Å². The van der Waals surface area contributed by atoms with Crippen molar-refractivity contribution < 1.29 is 9.53 Å². The number of amides is 1. The number of para-hydroxylation sites is 1. The van der Waals surface area contributed by atoms with Crippen molar-refractivity contribution in [3.8, 4) is 5.75 Å². The van der Waals surface area contributed by atoms with E-state index in [2.05, 4.69) is 20.5 Å². The molecule has 23 heavy (non-hydrogen) atoms. The number of hydrogen-bond acceptors (Lipinski definition) is 5. The van der Waals surface area contributed by atoms with E-state index in [0.717, 1.165) is 15.9 Å². The predicted octanol–water partition coefficient (Wildman–Crippen LogP) is 3.18. The van der Waals surface area contributed by atoms with E-state index in [4.69, 9.17) is 4.74 Å². The first-order valence-corrected chi connectivity index (χ1v) is 8.03. The second-order valence-electron chi connectivity index (χ2n) is 5.11. The van der Waals surface area contributed by atoms with Gasteiger partial charge in [-0.1, -0.05) is 12.1 Å². The third-order valence-corrected chi connectivity index (χ3v) is 3.74. The quantitative estimate of drug-likeness (QED) is 0.558. The van der Waals surface area contributed by atoms with E-state index >= 15 is 0 Å².